The standard InChI is InChI=1S/C11H26N2/c1-4-7-10-13-11(8-5-2)12-9-6-3/h11-13H,4-10H2,1-3H3. The van der Waals surface area contributed by atoms with E-state index in [9.17, 15) is 0 Å². The van der Waals surface area contributed by atoms with Crippen LogP contribution in [0.15, 0.2) is 0 Å². The Balaban J connectivity index is 3.41. The molecular formula is C11H26N2. The van der Waals surface area contributed by atoms with E-state index in [-0.39, 0.29) is 0 Å². The first-order valence-corrected chi connectivity index (χ1v) is 5.81. The molecule has 0 aliphatic heterocycles. The molecule has 0 saturated heterocycles. The van der Waals surface area contributed by atoms with Crippen LogP contribution in [0.3, 0.4) is 0 Å². The summed E-state index contributed by atoms with van der Waals surface area (Å²) in [5.41, 5.74) is 0. The third kappa shape index (κ3) is 8.26. The molecule has 0 saturated carbocycles. The normalized spacial score (nSPS) is 13.2. The Morgan fingerprint density at radius 1 is 0.846 bits per heavy atom. The minimum Gasteiger partial charge on any atom is -0.302 e. The van der Waals surface area contributed by atoms with Crippen LogP contribution >= 0.6 is 0 Å². The van der Waals surface area contributed by atoms with Gasteiger partial charge in [-0.2, -0.15) is 0 Å². The number of hydrogen-bond acceptors (Lipinski definition) is 2. The van der Waals surface area contributed by atoms with E-state index >= 15 is 0 Å². The van der Waals surface area contributed by atoms with Gasteiger partial charge in [-0.3, -0.25) is 0 Å². The summed E-state index contributed by atoms with van der Waals surface area (Å²) in [6.07, 6.45) is 6.81. The first-order valence-electron chi connectivity index (χ1n) is 5.81. The molecule has 1 unspecified atom stereocenters. The first-order chi connectivity index (χ1) is 6.35. The van der Waals surface area contributed by atoms with Crippen molar-refractivity contribution in [2.75, 3.05) is 13.1 Å². The number of rotatable bonds is 9. The fraction of sp³-hybridized carbons (Fsp3) is 1.00. The second kappa shape index (κ2) is 10.0. The molecule has 0 aromatic heterocycles. The molecule has 0 rings (SSSR count). The molecule has 0 aromatic carbocycles. The van der Waals surface area contributed by atoms with Crippen molar-refractivity contribution >= 4 is 0 Å². The van der Waals surface area contributed by atoms with Crippen LogP contribution in [0.1, 0.15) is 52.9 Å². The van der Waals surface area contributed by atoms with Crippen LogP contribution in [0, 0.1) is 0 Å². The van der Waals surface area contributed by atoms with Crippen molar-refractivity contribution in [3.05, 3.63) is 0 Å². The Bertz CT molecular complexity index is 94.1. The van der Waals surface area contributed by atoms with Gasteiger partial charge in [0.1, 0.15) is 0 Å². The van der Waals surface area contributed by atoms with E-state index in [1.165, 1.54) is 32.1 Å². The summed E-state index contributed by atoms with van der Waals surface area (Å²) in [5, 5.41) is 7.06. The summed E-state index contributed by atoms with van der Waals surface area (Å²) >= 11 is 0. The molecule has 0 bridgehead atoms. The van der Waals surface area contributed by atoms with Gasteiger partial charge in [0, 0.05) is 0 Å². The summed E-state index contributed by atoms with van der Waals surface area (Å²) in [4.78, 5) is 0. The van der Waals surface area contributed by atoms with Gasteiger partial charge in [-0.25, -0.2) is 0 Å². The van der Waals surface area contributed by atoms with Gasteiger partial charge in [-0.15, -0.1) is 0 Å². The first kappa shape index (κ1) is 12.9. The van der Waals surface area contributed by atoms with E-state index in [2.05, 4.69) is 31.4 Å². The van der Waals surface area contributed by atoms with Crippen molar-refractivity contribution in [1.82, 2.24) is 10.6 Å². The van der Waals surface area contributed by atoms with E-state index in [0.717, 1.165) is 13.1 Å². The van der Waals surface area contributed by atoms with Gasteiger partial charge in [-0.05, 0) is 32.4 Å². The Kier molecular flexibility index (Phi) is 9.94. The molecule has 0 aromatic rings. The van der Waals surface area contributed by atoms with Gasteiger partial charge in [0.05, 0.1) is 6.17 Å². The molecule has 0 amide bonds. The molecule has 0 fully saturated rings. The zero-order valence-electron chi connectivity index (χ0n) is 9.53. The lowest BCUT2D eigenvalue weighted by Crippen LogP contribution is -2.42. The molecule has 2 N–H and O–H groups in total. The Morgan fingerprint density at radius 3 is 2.08 bits per heavy atom. The molecule has 0 aliphatic carbocycles. The van der Waals surface area contributed by atoms with Crippen molar-refractivity contribution < 1.29 is 0 Å². The summed E-state index contributed by atoms with van der Waals surface area (Å²) in [7, 11) is 0. The Labute approximate surface area is 83.5 Å². The van der Waals surface area contributed by atoms with Crippen LogP contribution in [0.5, 0.6) is 0 Å². The molecule has 1 atom stereocenters. The highest BCUT2D eigenvalue weighted by molar-refractivity contribution is 4.63. The third-order valence-electron chi connectivity index (χ3n) is 2.14. The maximum absolute atomic E-state index is 3.55. The fourth-order valence-electron chi connectivity index (χ4n) is 1.34. The van der Waals surface area contributed by atoms with Crippen molar-refractivity contribution in [2.24, 2.45) is 0 Å². The maximum Gasteiger partial charge on any atom is 0.0571 e. The fourth-order valence-corrected chi connectivity index (χ4v) is 1.34. The molecule has 2 heteroatoms. The molecule has 2 nitrogen and oxygen atoms in total. The number of hydrogen-bond donors (Lipinski definition) is 2. The molecule has 0 heterocycles. The van der Waals surface area contributed by atoms with Gasteiger partial charge in [0.2, 0.25) is 0 Å². The monoisotopic (exact) mass is 186 g/mol. The second-order valence-electron chi connectivity index (χ2n) is 3.60. The summed E-state index contributed by atoms with van der Waals surface area (Å²) in [6, 6.07) is 0. The van der Waals surface area contributed by atoms with E-state index in [0.29, 0.717) is 6.17 Å². The van der Waals surface area contributed by atoms with Crippen LogP contribution in [0.2, 0.25) is 0 Å². The SMILES string of the molecule is CCCCNC(CCC)NCCC. The van der Waals surface area contributed by atoms with E-state index < -0.39 is 0 Å². The second-order valence-corrected chi connectivity index (χ2v) is 3.60. The molecule has 0 spiro atoms. The summed E-state index contributed by atoms with van der Waals surface area (Å²) in [5.74, 6) is 0. The minimum atomic E-state index is 0.538. The lowest BCUT2D eigenvalue weighted by Gasteiger charge is -2.19. The Hall–Kier alpha value is -0.0800. The minimum absolute atomic E-state index is 0.538. The van der Waals surface area contributed by atoms with E-state index in [4.69, 9.17) is 0 Å². The van der Waals surface area contributed by atoms with Crippen molar-refractivity contribution in [2.45, 2.75) is 59.0 Å². The van der Waals surface area contributed by atoms with E-state index in [1.807, 2.05) is 0 Å². The van der Waals surface area contributed by atoms with Crippen LogP contribution in [0.25, 0.3) is 0 Å². The summed E-state index contributed by atoms with van der Waals surface area (Å²) in [6.45, 7) is 8.96. The smallest absolute Gasteiger partial charge is 0.0571 e. The van der Waals surface area contributed by atoms with Crippen LogP contribution in [-0.4, -0.2) is 19.3 Å². The lowest BCUT2D eigenvalue weighted by molar-refractivity contribution is 0.395. The van der Waals surface area contributed by atoms with Gasteiger partial charge in [0.15, 0.2) is 0 Å². The molecular weight excluding hydrogens is 160 g/mol. The molecule has 0 aliphatic rings. The van der Waals surface area contributed by atoms with E-state index in [1.54, 1.807) is 0 Å². The predicted octanol–water partition coefficient (Wildman–Crippen LogP) is 2.50. The number of nitrogens with one attached hydrogen (secondary N) is 2. The van der Waals surface area contributed by atoms with Crippen LogP contribution < -0.4 is 10.6 Å². The van der Waals surface area contributed by atoms with Gasteiger partial charge in [-0.1, -0.05) is 33.6 Å². The average Bonchev–Trinajstić information content (AvgIpc) is 2.14. The van der Waals surface area contributed by atoms with Crippen molar-refractivity contribution in [1.29, 1.82) is 0 Å². The highest BCUT2D eigenvalue weighted by atomic mass is 15.1. The van der Waals surface area contributed by atoms with Gasteiger partial charge < -0.3 is 10.6 Å². The highest BCUT2D eigenvalue weighted by Gasteiger charge is 2.03. The van der Waals surface area contributed by atoms with Crippen LogP contribution in [0.4, 0.5) is 0 Å². The molecule has 13 heavy (non-hydrogen) atoms. The topological polar surface area (TPSA) is 24.1 Å². The predicted molar refractivity (Wildman–Crippen MR) is 59.9 cm³/mol. The van der Waals surface area contributed by atoms with Gasteiger partial charge >= 0.3 is 0 Å². The zero-order valence-corrected chi connectivity index (χ0v) is 9.53. The average molecular weight is 186 g/mol. The van der Waals surface area contributed by atoms with Gasteiger partial charge in [0.25, 0.3) is 0 Å². The van der Waals surface area contributed by atoms with Crippen molar-refractivity contribution in [3.8, 4) is 0 Å². The lowest BCUT2D eigenvalue weighted by atomic mass is 10.2. The zero-order chi connectivity index (χ0) is 9.94. The largest absolute Gasteiger partial charge is 0.302 e. The quantitative estimate of drug-likeness (QED) is 0.427. The Morgan fingerprint density at radius 2 is 1.54 bits per heavy atom. The van der Waals surface area contributed by atoms with Crippen LogP contribution in [-0.2, 0) is 0 Å². The van der Waals surface area contributed by atoms with Crippen molar-refractivity contribution in [3.63, 3.8) is 0 Å². The highest BCUT2D eigenvalue weighted by Crippen LogP contribution is 1.94. The maximum atomic E-state index is 3.55. The molecule has 80 valence electrons. The number of unbranched alkanes of at least 4 members (excludes halogenated alkanes) is 1. The third-order valence-corrected chi connectivity index (χ3v) is 2.14. The molecule has 0 radical (unpaired) electrons. The summed E-state index contributed by atoms with van der Waals surface area (Å²) < 4.78 is 0.